The van der Waals surface area contributed by atoms with Gasteiger partial charge in [0.05, 0.1) is 12.6 Å². The molecule has 0 radical (unpaired) electrons. The lowest BCUT2D eigenvalue weighted by atomic mass is 10.1. The Balaban J connectivity index is 1.89. The highest BCUT2D eigenvalue weighted by Gasteiger charge is 2.02. The Bertz CT molecular complexity index is 626. The molecular weight excluding hydrogens is 279 g/mol. The number of hydrogen-bond donors (Lipinski definition) is 1. The van der Waals surface area contributed by atoms with Gasteiger partial charge in [-0.25, -0.2) is 9.82 Å². The number of amides is 1. The van der Waals surface area contributed by atoms with Crippen molar-refractivity contribution in [3.8, 4) is 0 Å². The van der Waals surface area contributed by atoms with Crippen molar-refractivity contribution in [2.24, 2.45) is 5.10 Å². The van der Waals surface area contributed by atoms with Crippen LogP contribution < -0.4 is 5.43 Å². The monoisotopic (exact) mass is 290 g/mol. The predicted molar refractivity (Wildman–Crippen MR) is 77.3 cm³/mol. The molecule has 5 heteroatoms. The van der Waals surface area contributed by atoms with Crippen LogP contribution in [0.3, 0.4) is 0 Å². The standard InChI is InChI=1S/C15H12ClFN2O/c16-14-4-2-1-3-12(14)10-18-19-15(20)9-11-5-7-13(17)8-6-11/h1-8,10H,9H2,(H,19,20)/b18-10-. The predicted octanol–water partition coefficient (Wildman–Crippen LogP) is 3.17. The molecule has 0 unspecified atom stereocenters. The second kappa shape index (κ2) is 6.82. The van der Waals surface area contributed by atoms with Gasteiger partial charge in [0.2, 0.25) is 5.91 Å². The smallest absolute Gasteiger partial charge is 0.244 e. The molecule has 2 aromatic rings. The van der Waals surface area contributed by atoms with E-state index in [2.05, 4.69) is 10.5 Å². The average molecular weight is 291 g/mol. The molecule has 0 saturated heterocycles. The van der Waals surface area contributed by atoms with Crippen molar-refractivity contribution in [3.05, 3.63) is 70.5 Å². The third-order valence-corrected chi connectivity index (χ3v) is 2.92. The maximum atomic E-state index is 12.7. The van der Waals surface area contributed by atoms with Gasteiger partial charge < -0.3 is 0 Å². The molecule has 0 fully saturated rings. The molecule has 0 atom stereocenters. The number of benzene rings is 2. The van der Waals surface area contributed by atoms with Crippen molar-refractivity contribution in [1.82, 2.24) is 5.43 Å². The fourth-order valence-corrected chi connectivity index (χ4v) is 1.77. The Morgan fingerprint density at radius 3 is 2.60 bits per heavy atom. The summed E-state index contributed by atoms with van der Waals surface area (Å²) >= 11 is 5.94. The lowest BCUT2D eigenvalue weighted by molar-refractivity contribution is -0.120. The summed E-state index contributed by atoms with van der Waals surface area (Å²) in [6.07, 6.45) is 1.62. The number of halogens is 2. The Hall–Kier alpha value is -2.20. The minimum atomic E-state index is -0.328. The summed E-state index contributed by atoms with van der Waals surface area (Å²) in [5.41, 5.74) is 3.84. The Labute approximate surface area is 121 Å². The molecule has 1 amide bonds. The Morgan fingerprint density at radius 2 is 1.90 bits per heavy atom. The van der Waals surface area contributed by atoms with Crippen LogP contribution in [0.4, 0.5) is 4.39 Å². The van der Waals surface area contributed by atoms with Gasteiger partial charge in [-0.1, -0.05) is 41.9 Å². The van der Waals surface area contributed by atoms with Gasteiger partial charge in [-0.05, 0) is 23.8 Å². The van der Waals surface area contributed by atoms with Crippen LogP contribution in [0.2, 0.25) is 5.02 Å². The van der Waals surface area contributed by atoms with Crippen LogP contribution in [0, 0.1) is 5.82 Å². The zero-order valence-corrected chi connectivity index (χ0v) is 11.3. The number of carbonyl (C=O) groups excluding carboxylic acids is 1. The summed E-state index contributed by atoms with van der Waals surface area (Å²) < 4.78 is 12.7. The molecule has 0 saturated carbocycles. The topological polar surface area (TPSA) is 41.5 Å². The van der Waals surface area contributed by atoms with E-state index in [4.69, 9.17) is 11.6 Å². The van der Waals surface area contributed by atoms with Crippen molar-refractivity contribution in [1.29, 1.82) is 0 Å². The van der Waals surface area contributed by atoms with Gasteiger partial charge >= 0.3 is 0 Å². The maximum Gasteiger partial charge on any atom is 0.244 e. The van der Waals surface area contributed by atoms with Crippen LogP contribution in [0.1, 0.15) is 11.1 Å². The van der Waals surface area contributed by atoms with Crippen LogP contribution in [0.5, 0.6) is 0 Å². The molecule has 2 aromatic carbocycles. The normalized spacial score (nSPS) is 10.7. The fourth-order valence-electron chi connectivity index (χ4n) is 1.58. The summed E-state index contributed by atoms with van der Waals surface area (Å²) in [6.45, 7) is 0. The molecule has 20 heavy (non-hydrogen) atoms. The molecule has 0 aliphatic rings. The van der Waals surface area contributed by atoms with Crippen molar-refractivity contribution in [2.75, 3.05) is 0 Å². The summed E-state index contributed by atoms with van der Waals surface area (Å²) in [4.78, 5) is 11.6. The molecule has 0 spiro atoms. The SMILES string of the molecule is O=C(Cc1ccc(F)cc1)N/N=C\c1ccccc1Cl. The first kappa shape index (κ1) is 14.2. The van der Waals surface area contributed by atoms with Gasteiger partial charge in [-0.2, -0.15) is 5.10 Å². The molecule has 2 rings (SSSR count). The highest BCUT2D eigenvalue weighted by atomic mass is 35.5. The van der Waals surface area contributed by atoms with E-state index in [0.717, 1.165) is 11.1 Å². The number of nitrogens with zero attached hydrogens (tertiary/aromatic N) is 1. The van der Waals surface area contributed by atoms with Crippen LogP contribution in [-0.2, 0) is 11.2 Å². The van der Waals surface area contributed by atoms with E-state index in [1.807, 2.05) is 12.1 Å². The molecule has 0 bridgehead atoms. The van der Waals surface area contributed by atoms with Gasteiger partial charge in [0.15, 0.2) is 0 Å². The van der Waals surface area contributed by atoms with E-state index in [1.54, 1.807) is 24.3 Å². The summed E-state index contributed by atoms with van der Waals surface area (Å²) in [7, 11) is 0. The molecule has 102 valence electrons. The number of carbonyl (C=O) groups is 1. The van der Waals surface area contributed by atoms with Gasteiger partial charge in [0.1, 0.15) is 5.82 Å². The summed E-state index contributed by atoms with van der Waals surface area (Å²) in [5, 5.41) is 4.39. The summed E-state index contributed by atoms with van der Waals surface area (Å²) in [5.74, 6) is -0.606. The van der Waals surface area contributed by atoms with E-state index in [9.17, 15) is 9.18 Å². The van der Waals surface area contributed by atoms with E-state index in [-0.39, 0.29) is 18.1 Å². The Kier molecular flexibility index (Phi) is 4.85. The van der Waals surface area contributed by atoms with Crippen LogP contribution >= 0.6 is 11.6 Å². The van der Waals surface area contributed by atoms with Crippen molar-refractivity contribution in [3.63, 3.8) is 0 Å². The highest BCUT2D eigenvalue weighted by Crippen LogP contribution is 2.12. The van der Waals surface area contributed by atoms with Gasteiger partial charge in [0, 0.05) is 10.6 Å². The number of rotatable bonds is 4. The molecule has 0 aliphatic carbocycles. The third-order valence-electron chi connectivity index (χ3n) is 2.58. The molecular formula is C15H12ClFN2O. The van der Waals surface area contributed by atoms with E-state index in [1.165, 1.54) is 18.3 Å². The zero-order valence-electron chi connectivity index (χ0n) is 10.5. The minimum absolute atomic E-state index is 0.139. The van der Waals surface area contributed by atoms with E-state index in [0.29, 0.717) is 5.02 Å². The number of nitrogens with one attached hydrogen (secondary N) is 1. The number of hydrogen-bond acceptors (Lipinski definition) is 2. The van der Waals surface area contributed by atoms with Crippen molar-refractivity contribution >= 4 is 23.7 Å². The van der Waals surface area contributed by atoms with Crippen LogP contribution in [0.15, 0.2) is 53.6 Å². The van der Waals surface area contributed by atoms with Gasteiger partial charge in [-0.15, -0.1) is 0 Å². The second-order valence-corrected chi connectivity index (χ2v) is 4.53. The van der Waals surface area contributed by atoms with Crippen LogP contribution in [0.25, 0.3) is 0 Å². The summed E-state index contributed by atoms with van der Waals surface area (Å²) in [6, 6.07) is 12.9. The molecule has 0 aromatic heterocycles. The third kappa shape index (κ3) is 4.17. The van der Waals surface area contributed by atoms with E-state index >= 15 is 0 Å². The quantitative estimate of drug-likeness (QED) is 0.682. The minimum Gasteiger partial charge on any atom is -0.273 e. The first-order valence-corrected chi connectivity index (χ1v) is 6.34. The number of hydrazone groups is 1. The first-order valence-electron chi connectivity index (χ1n) is 5.96. The lowest BCUT2D eigenvalue weighted by Crippen LogP contribution is -2.19. The first-order chi connectivity index (χ1) is 9.65. The van der Waals surface area contributed by atoms with Crippen LogP contribution in [-0.4, -0.2) is 12.1 Å². The van der Waals surface area contributed by atoms with Gasteiger partial charge in [-0.3, -0.25) is 4.79 Å². The zero-order chi connectivity index (χ0) is 14.4. The fraction of sp³-hybridized carbons (Fsp3) is 0.0667. The highest BCUT2D eigenvalue weighted by molar-refractivity contribution is 6.33. The largest absolute Gasteiger partial charge is 0.273 e. The molecule has 0 aliphatic heterocycles. The van der Waals surface area contributed by atoms with E-state index < -0.39 is 0 Å². The second-order valence-electron chi connectivity index (χ2n) is 4.12. The maximum absolute atomic E-state index is 12.7. The van der Waals surface area contributed by atoms with Crippen molar-refractivity contribution < 1.29 is 9.18 Å². The average Bonchev–Trinajstić information content (AvgIpc) is 2.43. The molecule has 1 N–H and O–H groups in total. The Morgan fingerprint density at radius 1 is 1.20 bits per heavy atom. The molecule has 3 nitrogen and oxygen atoms in total. The lowest BCUT2D eigenvalue weighted by Gasteiger charge is -2.01. The van der Waals surface area contributed by atoms with Gasteiger partial charge in [0.25, 0.3) is 0 Å². The van der Waals surface area contributed by atoms with Crippen molar-refractivity contribution in [2.45, 2.75) is 6.42 Å². The molecule has 0 heterocycles.